The maximum atomic E-state index is 12.6. The highest BCUT2D eigenvalue weighted by atomic mass is 35.5. The third-order valence-corrected chi connectivity index (χ3v) is 5.26. The van der Waals surface area contributed by atoms with Gasteiger partial charge < -0.3 is 4.98 Å². The molecule has 0 aliphatic carbocycles. The average molecular weight is 382 g/mol. The van der Waals surface area contributed by atoms with Gasteiger partial charge >= 0.3 is 0 Å². The van der Waals surface area contributed by atoms with Crippen molar-refractivity contribution < 1.29 is 8.42 Å². The van der Waals surface area contributed by atoms with Gasteiger partial charge in [0.15, 0.2) is 5.65 Å². The van der Waals surface area contributed by atoms with Gasteiger partial charge in [-0.15, -0.1) is 5.10 Å². The number of hydrogen-bond donors (Lipinski definition) is 2. The molecule has 4 aromatic rings. The van der Waals surface area contributed by atoms with Crippen LogP contribution < -0.4 is 4.72 Å². The Labute approximate surface area is 146 Å². The van der Waals surface area contributed by atoms with Crippen molar-refractivity contribution in [2.45, 2.75) is 4.90 Å². The molecule has 10 heteroatoms. The molecule has 2 N–H and O–H groups in total. The Morgan fingerprint density at radius 2 is 1.92 bits per heavy atom. The summed E-state index contributed by atoms with van der Waals surface area (Å²) in [6.45, 7) is 0. The van der Waals surface area contributed by atoms with E-state index in [4.69, 9.17) is 23.2 Å². The normalized spacial score (nSPS) is 12.1. The number of halogens is 2. The number of pyridine rings is 1. The number of nitrogens with zero attached hydrogens (tertiary/aromatic N) is 3. The highest BCUT2D eigenvalue weighted by Gasteiger charge is 2.21. The zero-order chi connectivity index (χ0) is 16.9. The van der Waals surface area contributed by atoms with E-state index in [9.17, 15) is 8.42 Å². The van der Waals surface area contributed by atoms with E-state index in [1.54, 1.807) is 36.5 Å². The highest BCUT2D eigenvalue weighted by molar-refractivity contribution is 7.93. The molecule has 0 amide bonds. The van der Waals surface area contributed by atoms with Crippen LogP contribution in [0.2, 0.25) is 10.0 Å². The van der Waals surface area contributed by atoms with E-state index >= 15 is 0 Å². The van der Waals surface area contributed by atoms with Crippen LogP contribution in [0, 0.1) is 0 Å². The smallest absolute Gasteiger partial charge is 0.266 e. The number of anilines is 1. The second-order valence-electron chi connectivity index (χ2n) is 5.03. The third-order valence-electron chi connectivity index (χ3n) is 3.42. The number of aromatic nitrogens is 4. The molecule has 3 aromatic heterocycles. The van der Waals surface area contributed by atoms with Gasteiger partial charge in [-0.25, -0.2) is 17.7 Å². The standard InChI is InChI=1S/C14H9Cl2N5O2S/c15-8-1-2-10-11(5-8)17-7-12(10)24(22,23)20-14-18-13-6-9(16)3-4-21(13)19-14/h1-7,17H,(H,19,20). The van der Waals surface area contributed by atoms with Crippen molar-refractivity contribution in [3.63, 3.8) is 0 Å². The molecule has 3 heterocycles. The largest absolute Gasteiger partial charge is 0.360 e. The molecule has 1 aromatic carbocycles. The van der Waals surface area contributed by atoms with E-state index in [1.165, 1.54) is 10.7 Å². The Hall–Kier alpha value is -2.29. The summed E-state index contributed by atoms with van der Waals surface area (Å²) in [5.74, 6) is -0.0411. The molecule has 0 aliphatic heterocycles. The van der Waals surface area contributed by atoms with Gasteiger partial charge in [0.25, 0.3) is 16.0 Å². The Bertz CT molecular complexity index is 1180. The van der Waals surface area contributed by atoms with Gasteiger partial charge in [0, 0.05) is 39.4 Å². The summed E-state index contributed by atoms with van der Waals surface area (Å²) in [6.07, 6.45) is 2.99. The number of aromatic amines is 1. The van der Waals surface area contributed by atoms with E-state index in [-0.39, 0.29) is 10.8 Å². The van der Waals surface area contributed by atoms with Gasteiger partial charge in [0.2, 0.25) is 0 Å². The Morgan fingerprint density at radius 1 is 1.12 bits per heavy atom. The molecular formula is C14H9Cl2N5O2S. The van der Waals surface area contributed by atoms with Crippen LogP contribution in [0.15, 0.2) is 47.6 Å². The second-order valence-corrected chi connectivity index (χ2v) is 7.56. The maximum absolute atomic E-state index is 12.6. The number of H-pyrrole nitrogens is 1. The number of fused-ring (bicyclic) bond motifs is 2. The number of nitrogens with one attached hydrogen (secondary N) is 2. The Morgan fingerprint density at radius 3 is 2.75 bits per heavy atom. The molecule has 7 nitrogen and oxygen atoms in total. The summed E-state index contributed by atoms with van der Waals surface area (Å²) < 4.78 is 29.1. The SMILES string of the molecule is O=S(=O)(Nc1nc2cc(Cl)ccn2n1)c1c[nH]c2cc(Cl)ccc12. The fraction of sp³-hybridized carbons (Fsp3) is 0. The molecule has 0 radical (unpaired) electrons. The van der Waals surface area contributed by atoms with Gasteiger partial charge in [-0.1, -0.05) is 23.2 Å². The molecule has 0 aliphatic rings. The van der Waals surface area contributed by atoms with Crippen LogP contribution in [0.3, 0.4) is 0 Å². The van der Waals surface area contributed by atoms with Crippen LogP contribution in [0.4, 0.5) is 5.95 Å². The molecule has 0 saturated heterocycles. The number of rotatable bonds is 3. The predicted octanol–water partition coefficient (Wildman–Crippen LogP) is 3.32. The Kier molecular flexibility index (Phi) is 3.41. The maximum Gasteiger partial charge on any atom is 0.266 e. The molecule has 24 heavy (non-hydrogen) atoms. The quantitative estimate of drug-likeness (QED) is 0.569. The predicted molar refractivity (Wildman–Crippen MR) is 92.1 cm³/mol. The minimum absolute atomic E-state index is 0.0411. The molecule has 122 valence electrons. The number of hydrogen-bond acceptors (Lipinski definition) is 4. The van der Waals surface area contributed by atoms with Crippen LogP contribution in [0.5, 0.6) is 0 Å². The fourth-order valence-corrected chi connectivity index (χ4v) is 3.81. The van der Waals surface area contributed by atoms with E-state index in [0.29, 0.717) is 26.6 Å². The summed E-state index contributed by atoms with van der Waals surface area (Å²) in [4.78, 5) is 7.09. The summed E-state index contributed by atoms with van der Waals surface area (Å²) in [5, 5.41) is 5.59. The lowest BCUT2D eigenvalue weighted by molar-refractivity contribution is 0.601. The zero-order valence-electron chi connectivity index (χ0n) is 11.9. The lowest BCUT2D eigenvalue weighted by Gasteiger charge is -2.02. The van der Waals surface area contributed by atoms with E-state index in [1.807, 2.05) is 0 Å². The monoisotopic (exact) mass is 381 g/mol. The minimum Gasteiger partial charge on any atom is -0.360 e. The fourth-order valence-electron chi connectivity index (χ4n) is 2.37. The van der Waals surface area contributed by atoms with Crippen LogP contribution in [-0.4, -0.2) is 28.0 Å². The van der Waals surface area contributed by atoms with Crippen LogP contribution >= 0.6 is 23.2 Å². The van der Waals surface area contributed by atoms with Crippen molar-refractivity contribution in [1.29, 1.82) is 0 Å². The molecule has 0 atom stereocenters. The molecule has 0 bridgehead atoms. The van der Waals surface area contributed by atoms with Crippen molar-refractivity contribution >= 4 is 55.7 Å². The topological polar surface area (TPSA) is 92.2 Å². The van der Waals surface area contributed by atoms with Crippen LogP contribution in [0.1, 0.15) is 0 Å². The first-order chi connectivity index (χ1) is 11.4. The van der Waals surface area contributed by atoms with Crippen molar-refractivity contribution in [1.82, 2.24) is 19.6 Å². The molecule has 0 unspecified atom stereocenters. The lowest BCUT2D eigenvalue weighted by Crippen LogP contribution is -2.13. The Balaban J connectivity index is 1.75. The van der Waals surface area contributed by atoms with Gasteiger partial charge in [-0.3, -0.25) is 0 Å². The van der Waals surface area contributed by atoms with Gasteiger partial charge in [-0.2, -0.15) is 4.98 Å². The van der Waals surface area contributed by atoms with Crippen LogP contribution in [-0.2, 0) is 10.0 Å². The second kappa shape index (κ2) is 5.37. The highest BCUT2D eigenvalue weighted by Crippen LogP contribution is 2.26. The molecule has 4 rings (SSSR count). The van der Waals surface area contributed by atoms with E-state index < -0.39 is 10.0 Å². The van der Waals surface area contributed by atoms with Gasteiger partial charge in [-0.05, 0) is 24.3 Å². The van der Waals surface area contributed by atoms with Crippen molar-refractivity contribution in [3.05, 3.63) is 52.8 Å². The average Bonchev–Trinajstić information content (AvgIpc) is 3.09. The van der Waals surface area contributed by atoms with Crippen molar-refractivity contribution in [3.8, 4) is 0 Å². The molecule has 0 fully saturated rings. The molecule has 0 saturated carbocycles. The first-order valence-corrected chi connectivity index (χ1v) is 8.98. The number of sulfonamides is 1. The third kappa shape index (κ3) is 2.58. The summed E-state index contributed by atoms with van der Waals surface area (Å²) in [5.41, 5.74) is 1.06. The summed E-state index contributed by atoms with van der Waals surface area (Å²) in [7, 11) is -3.86. The first kappa shape index (κ1) is 15.3. The summed E-state index contributed by atoms with van der Waals surface area (Å²) in [6, 6.07) is 8.13. The molecule has 0 spiro atoms. The molecular weight excluding hydrogens is 373 g/mol. The van der Waals surface area contributed by atoms with E-state index in [0.717, 1.165) is 0 Å². The van der Waals surface area contributed by atoms with Crippen LogP contribution in [0.25, 0.3) is 16.6 Å². The van der Waals surface area contributed by atoms with Gasteiger partial charge in [0.1, 0.15) is 4.90 Å². The first-order valence-electron chi connectivity index (χ1n) is 6.74. The minimum atomic E-state index is -3.86. The number of benzene rings is 1. The van der Waals surface area contributed by atoms with E-state index in [2.05, 4.69) is 19.8 Å². The van der Waals surface area contributed by atoms with Gasteiger partial charge in [0.05, 0.1) is 0 Å². The lowest BCUT2D eigenvalue weighted by atomic mass is 10.2. The van der Waals surface area contributed by atoms with Crippen molar-refractivity contribution in [2.75, 3.05) is 4.72 Å². The summed E-state index contributed by atoms with van der Waals surface area (Å²) >= 11 is 11.8. The van der Waals surface area contributed by atoms with Crippen molar-refractivity contribution in [2.24, 2.45) is 0 Å². The zero-order valence-corrected chi connectivity index (χ0v) is 14.2.